The van der Waals surface area contributed by atoms with Gasteiger partial charge in [-0.25, -0.2) is 12.8 Å². The fraction of sp³-hybridized carbons (Fsp3) is 0.133. The second kappa shape index (κ2) is 5.54. The molecule has 1 aliphatic rings. The number of fused-ring (bicyclic) bond motifs is 1. The first-order valence-corrected chi connectivity index (χ1v) is 8.44. The molecule has 0 saturated heterocycles. The van der Waals surface area contributed by atoms with E-state index in [4.69, 9.17) is 9.47 Å². The van der Waals surface area contributed by atoms with E-state index in [0.717, 1.165) is 24.5 Å². The Morgan fingerprint density at radius 2 is 1.87 bits per heavy atom. The highest BCUT2D eigenvalue weighted by molar-refractivity contribution is 7.90. The minimum Gasteiger partial charge on any atom is -0.454 e. The third-order valence-corrected chi connectivity index (χ3v) is 4.36. The molecule has 2 aromatic carbocycles. The molecule has 0 unspecified atom stereocenters. The molecule has 1 aliphatic heterocycles. The molecule has 1 amide bonds. The van der Waals surface area contributed by atoms with E-state index in [-0.39, 0.29) is 22.9 Å². The van der Waals surface area contributed by atoms with Crippen LogP contribution in [0.5, 0.6) is 11.5 Å². The van der Waals surface area contributed by atoms with Crippen molar-refractivity contribution < 1.29 is 27.1 Å². The Bertz CT molecular complexity index is 895. The molecule has 3 rings (SSSR count). The SMILES string of the molecule is CS(=O)(=O)c1ccc(F)c(NC(=O)c2ccc3c(c2)OCO3)c1. The van der Waals surface area contributed by atoms with Crippen LogP contribution in [0.4, 0.5) is 10.1 Å². The molecule has 0 saturated carbocycles. The zero-order valence-corrected chi connectivity index (χ0v) is 12.8. The summed E-state index contributed by atoms with van der Waals surface area (Å²) in [6.07, 6.45) is 1.00. The van der Waals surface area contributed by atoms with E-state index >= 15 is 0 Å². The van der Waals surface area contributed by atoms with Crippen LogP contribution in [0.25, 0.3) is 0 Å². The average molecular weight is 337 g/mol. The van der Waals surface area contributed by atoms with Crippen LogP contribution in [0.1, 0.15) is 10.4 Å². The van der Waals surface area contributed by atoms with Gasteiger partial charge < -0.3 is 14.8 Å². The van der Waals surface area contributed by atoms with Crippen LogP contribution >= 0.6 is 0 Å². The molecule has 1 heterocycles. The Hall–Kier alpha value is -2.61. The van der Waals surface area contributed by atoms with Crippen LogP contribution in [0, 0.1) is 5.82 Å². The average Bonchev–Trinajstić information content (AvgIpc) is 2.95. The Balaban J connectivity index is 1.88. The molecule has 23 heavy (non-hydrogen) atoms. The second-order valence-electron chi connectivity index (χ2n) is 4.94. The quantitative estimate of drug-likeness (QED) is 0.869. The molecule has 0 radical (unpaired) electrons. The van der Waals surface area contributed by atoms with Crippen LogP contribution in [0.3, 0.4) is 0 Å². The van der Waals surface area contributed by atoms with Crippen LogP contribution in [0.15, 0.2) is 41.3 Å². The summed E-state index contributed by atoms with van der Waals surface area (Å²) in [6.45, 7) is 0.0748. The third-order valence-electron chi connectivity index (χ3n) is 3.25. The molecular weight excluding hydrogens is 325 g/mol. The fourth-order valence-electron chi connectivity index (χ4n) is 2.06. The normalized spacial score (nSPS) is 13.0. The zero-order valence-electron chi connectivity index (χ0n) is 12.0. The Morgan fingerprint density at radius 3 is 2.61 bits per heavy atom. The van der Waals surface area contributed by atoms with E-state index in [1.54, 1.807) is 6.07 Å². The summed E-state index contributed by atoms with van der Waals surface area (Å²) in [5.41, 5.74) is 0.0222. The number of carbonyl (C=O) groups excluding carboxylic acids is 1. The molecule has 0 fully saturated rings. The van der Waals surface area contributed by atoms with Crippen LogP contribution in [-0.4, -0.2) is 27.4 Å². The monoisotopic (exact) mass is 337 g/mol. The summed E-state index contributed by atoms with van der Waals surface area (Å²) < 4.78 is 47.1. The number of amides is 1. The molecule has 0 spiro atoms. The van der Waals surface area contributed by atoms with Gasteiger partial charge in [0.05, 0.1) is 10.6 Å². The second-order valence-corrected chi connectivity index (χ2v) is 6.95. The lowest BCUT2D eigenvalue weighted by molar-refractivity contribution is 0.102. The minimum absolute atomic E-state index is 0.0748. The van der Waals surface area contributed by atoms with E-state index in [1.807, 2.05) is 0 Å². The maximum atomic E-state index is 13.8. The molecule has 120 valence electrons. The van der Waals surface area contributed by atoms with Crippen molar-refractivity contribution in [3.8, 4) is 11.5 Å². The van der Waals surface area contributed by atoms with Crippen molar-refractivity contribution in [2.45, 2.75) is 4.90 Å². The topological polar surface area (TPSA) is 81.7 Å². The third kappa shape index (κ3) is 3.11. The number of benzene rings is 2. The molecule has 0 aliphatic carbocycles. The number of sulfone groups is 1. The number of rotatable bonds is 3. The zero-order chi connectivity index (χ0) is 16.6. The fourth-order valence-corrected chi connectivity index (χ4v) is 2.71. The predicted octanol–water partition coefficient (Wildman–Crippen LogP) is 2.21. The van der Waals surface area contributed by atoms with Gasteiger partial charge in [0.15, 0.2) is 21.3 Å². The summed E-state index contributed by atoms with van der Waals surface area (Å²) in [5, 5.41) is 2.36. The number of nitrogens with one attached hydrogen (secondary N) is 1. The maximum Gasteiger partial charge on any atom is 0.255 e. The van der Waals surface area contributed by atoms with E-state index in [9.17, 15) is 17.6 Å². The van der Waals surface area contributed by atoms with Crippen LogP contribution < -0.4 is 14.8 Å². The van der Waals surface area contributed by atoms with Crippen LogP contribution in [0.2, 0.25) is 0 Å². The van der Waals surface area contributed by atoms with Gasteiger partial charge in [0, 0.05) is 11.8 Å². The summed E-state index contributed by atoms with van der Waals surface area (Å²) >= 11 is 0. The van der Waals surface area contributed by atoms with Gasteiger partial charge in [-0.3, -0.25) is 4.79 Å². The van der Waals surface area contributed by atoms with Gasteiger partial charge in [0.2, 0.25) is 6.79 Å². The standard InChI is InChI=1S/C15H12FNO5S/c1-23(19,20)10-3-4-11(16)12(7-10)17-15(18)9-2-5-13-14(6-9)22-8-21-13/h2-7H,8H2,1H3,(H,17,18). The van der Waals surface area contributed by atoms with Crippen molar-refractivity contribution in [2.24, 2.45) is 0 Å². The van der Waals surface area contributed by atoms with E-state index in [0.29, 0.717) is 11.5 Å². The molecule has 8 heteroatoms. The van der Waals surface area contributed by atoms with Gasteiger partial charge >= 0.3 is 0 Å². The van der Waals surface area contributed by atoms with E-state index in [1.165, 1.54) is 12.1 Å². The minimum atomic E-state index is -3.51. The van der Waals surface area contributed by atoms with Gasteiger partial charge in [-0.15, -0.1) is 0 Å². The number of hydrogen-bond acceptors (Lipinski definition) is 5. The largest absolute Gasteiger partial charge is 0.454 e. The van der Waals surface area contributed by atoms with Gasteiger partial charge in [-0.05, 0) is 36.4 Å². The van der Waals surface area contributed by atoms with Crippen molar-refractivity contribution in [1.29, 1.82) is 0 Å². The highest BCUT2D eigenvalue weighted by Gasteiger charge is 2.18. The van der Waals surface area contributed by atoms with Crippen molar-refractivity contribution in [1.82, 2.24) is 0 Å². The molecule has 0 atom stereocenters. The lowest BCUT2D eigenvalue weighted by Gasteiger charge is -2.08. The van der Waals surface area contributed by atoms with E-state index < -0.39 is 21.6 Å². The summed E-state index contributed by atoms with van der Waals surface area (Å²) in [6, 6.07) is 7.75. The first kappa shape index (κ1) is 15.3. The van der Waals surface area contributed by atoms with Crippen molar-refractivity contribution >= 4 is 21.4 Å². The van der Waals surface area contributed by atoms with Gasteiger partial charge in [0.1, 0.15) is 5.82 Å². The number of halogens is 1. The van der Waals surface area contributed by atoms with Crippen LogP contribution in [-0.2, 0) is 9.84 Å². The maximum absolute atomic E-state index is 13.8. The number of carbonyl (C=O) groups is 1. The smallest absolute Gasteiger partial charge is 0.255 e. The van der Waals surface area contributed by atoms with Crippen molar-refractivity contribution in [3.63, 3.8) is 0 Å². The van der Waals surface area contributed by atoms with Gasteiger partial charge in [-0.1, -0.05) is 0 Å². The molecule has 2 aromatic rings. The predicted molar refractivity (Wildman–Crippen MR) is 80.0 cm³/mol. The van der Waals surface area contributed by atoms with Gasteiger partial charge in [0.25, 0.3) is 5.91 Å². The van der Waals surface area contributed by atoms with Crippen molar-refractivity contribution in [3.05, 3.63) is 47.8 Å². The summed E-state index contributed by atoms with van der Waals surface area (Å²) in [4.78, 5) is 12.1. The summed E-state index contributed by atoms with van der Waals surface area (Å²) in [7, 11) is -3.51. The summed E-state index contributed by atoms with van der Waals surface area (Å²) in [5.74, 6) is -0.380. The Kier molecular flexibility index (Phi) is 3.69. The van der Waals surface area contributed by atoms with Crippen molar-refractivity contribution in [2.75, 3.05) is 18.4 Å². The number of ether oxygens (including phenoxy) is 2. The highest BCUT2D eigenvalue weighted by Crippen LogP contribution is 2.32. The first-order chi connectivity index (χ1) is 10.8. The van der Waals surface area contributed by atoms with Gasteiger partial charge in [-0.2, -0.15) is 0 Å². The number of hydrogen-bond donors (Lipinski definition) is 1. The molecule has 6 nitrogen and oxygen atoms in total. The molecule has 0 bridgehead atoms. The lowest BCUT2D eigenvalue weighted by Crippen LogP contribution is -2.13. The molecular formula is C15H12FNO5S. The number of anilines is 1. The Labute approximate surface area is 131 Å². The lowest BCUT2D eigenvalue weighted by atomic mass is 10.2. The Morgan fingerprint density at radius 1 is 1.13 bits per heavy atom. The highest BCUT2D eigenvalue weighted by atomic mass is 32.2. The molecule has 0 aromatic heterocycles. The first-order valence-electron chi connectivity index (χ1n) is 6.55. The van der Waals surface area contributed by atoms with E-state index in [2.05, 4.69) is 5.32 Å². The molecule has 1 N–H and O–H groups in total.